The van der Waals surface area contributed by atoms with Crippen LogP contribution in [-0.2, 0) is 10.2 Å². The maximum atomic E-state index is 12.2. The lowest BCUT2D eigenvalue weighted by Gasteiger charge is -2.40. The van der Waals surface area contributed by atoms with E-state index in [1.807, 2.05) is 6.07 Å². The third-order valence-corrected chi connectivity index (χ3v) is 4.25. The lowest BCUT2D eigenvalue weighted by molar-refractivity contribution is -0.130. The van der Waals surface area contributed by atoms with Crippen molar-refractivity contribution in [1.29, 1.82) is 0 Å². The van der Waals surface area contributed by atoms with Crippen molar-refractivity contribution >= 4 is 29.1 Å². The van der Waals surface area contributed by atoms with Gasteiger partial charge in [0, 0.05) is 6.54 Å². The van der Waals surface area contributed by atoms with Crippen molar-refractivity contribution in [2.45, 2.75) is 24.7 Å². The summed E-state index contributed by atoms with van der Waals surface area (Å²) < 4.78 is 0. The number of aliphatic hydroxyl groups is 1. The first-order valence-corrected chi connectivity index (χ1v) is 6.70. The van der Waals surface area contributed by atoms with Gasteiger partial charge < -0.3 is 10.4 Å². The molecule has 0 aliphatic heterocycles. The third kappa shape index (κ3) is 2.35. The van der Waals surface area contributed by atoms with Gasteiger partial charge >= 0.3 is 0 Å². The number of rotatable bonds is 4. The van der Waals surface area contributed by atoms with Gasteiger partial charge in [-0.3, -0.25) is 4.79 Å². The molecule has 0 saturated heterocycles. The van der Waals surface area contributed by atoms with Gasteiger partial charge in [-0.25, -0.2) is 0 Å². The second-order valence-electron chi connectivity index (χ2n) is 4.54. The summed E-state index contributed by atoms with van der Waals surface area (Å²) in [5.74, 6) is -0.0406. The van der Waals surface area contributed by atoms with Gasteiger partial charge in [0.25, 0.3) is 0 Å². The minimum absolute atomic E-state index is 0.0406. The van der Waals surface area contributed by atoms with Crippen molar-refractivity contribution in [1.82, 2.24) is 5.32 Å². The molecule has 1 aliphatic carbocycles. The van der Waals surface area contributed by atoms with Crippen LogP contribution in [0.1, 0.15) is 24.8 Å². The molecule has 5 heteroatoms. The van der Waals surface area contributed by atoms with E-state index in [0.29, 0.717) is 10.0 Å². The van der Waals surface area contributed by atoms with Crippen LogP contribution < -0.4 is 5.32 Å². The quantitative estimate of drug-likeness (QED) is 0.894. The van der Waals surface area contributed by atoms with E-state index in [-0.39, 0.29) is 19.1 Å². The highest BCUT2D eigenvalue weighted by atomic mass is 35.5. The summed E-state index contributed by atoms with van der Waals surface area (Å²) in [7, 11) is 0. The van der Waals surface area contributed by atoms with Gasteiger partial charge in [0.05, 0.1) is 22.1 Å². The standard InChI is InChI=1S/C13H15Cl2NO2/c14-10-3-2-9(8-11(10)15)13(4-1-5-13)12(18)16-6-7-17/h2-3,8,17H,1,4-7H2,(H,16,18). The van der Waals surface area contributed by atoms with Crippen LogP contribution in [0, 0.1) is 0 Å². The molecular formula is C13H15Cl2NO2. The first kappa shape index (κ1) is 13.7. The molecule has 18 heavy (non-hydrogen) atoms. The Balaban J connectivity index is 2.26. The van der Waals surface area contributed by atoms with Gasteiger partial charge in [-0.15, -0.1) is 0 Å². The Labute approximate surface area is 116 Å². The van der Waals surface area contributed by atoms with Crippen molar-refractivity contribution in [3.8, 4) is 0 Å². The SMILES string of the molecule is O=C(NCCO)C1(c2ccc(Cl)c(Cl)c2)CCC1. The molecule has 98 valence electrons. The smallest absolute Gasteiger partial charge is 0.230 e. The van der Waals surface area contributed by atoms with Crippen molar-refractivity contribution in [3.05, 3.63) is 33.8 Å². The summed E-state index contributed by atoms with van der Waals surface area (Å²) in [4.78, 5) is 12.2. The summed E-state index contributed by atoms with van der Waals surface area (Å²) in [5, 5.41) is 12.5. The van der Waals surface area contributed by atoms with E-state index in [4.69, 9.17) is 28.3 Å². The second kappa shape index (κ2) is 5.47. The van der Waals surface area contributed by atoms with Gasteiger partial charge in [0.15, 0.2) is 0 Å². The Kier molecular flexibility index (Phi) is 4.15. The topological polar surface area (TPSA) is 49.3 Å². The third-order valence-electron chi connectivity index (χ3n) is 3.51. The number of hydrogen-bond donors (Lipinski definition) is 2. The molecule has 2 N–H and O–H groups in total. The fraction of sp³-hybridized carbons (Fsp3) is 0.462. The lowest BCUT2D eigenvalue weighted by Crippen LogP contribution is -2.49. The van der Waals surface area contributed by atoms with E-state index in [0.717, 1.165) is 24.8 Å². The molecule has 1 aromatic rings. The molecule has 0 aromatic heterocycles. The van der Waals surface area contributed by atoms with Gasteiger partial charge in [-0.05, 0) is 30.5 Å². The van der Waals surface area contributed by atoms with Crippen molar-refractivity contribution in [3.63, 3.8) is 0 Å². The van der Waals surface area contributed by atoms with E-state index in [1.165, 1.54) is 0 Å². The predicted octanol–water partition coefficient (Wildman–Crippen LogP) is 2.52. The summed E-state index contributed by atoms with van der Waals surface area (Å²) in [5.41, 5.74) is 0.405. The van der Waals surface area contributed by atoms with Gasteiger partial charge in [-0.1, -0.05) is 35.7 Å². The Morgan fingerprint density at radius 3 is 2.56 bits per heavy atom. The number of carbonyl (C=O) groups excluding carboxylic acids is 1. The maximum Gasteiger partial charge on any atom is 0.230 e. The molecule has 1 amide bonds. The van der Waals surface area contributed by atoms with Crippen LogP contribution in [0.2, 0.25) is 10.0 Å². The molecule has 1 aliphatic rings. The van der Waals surface area contributed by atoms with Gasteiger partial charge in [-0.2, -0.15) is 0 Å². The predicted molar refractivity (Wildman–Crippen MR) is 72.1 cm³/mol. The number of aliphatic hydroxyl groups excluding tert-OH is 1. The average Bonchev–Trinajstić information content (AvgIpc) is 2.29. The fourth-order valence-corrected chi connectivity index (χ4v) is 2.61. The molecule has 1 saturated carbocycles. The van der Waals surface area contributed by atoms with E-state index in [2.05, 4.69) is 5.32 Å². The molecule has 3 nitrogen and oxygen atoms in total. The molecular weight excluding hydrogens is 273 g/mol. The minimum atomic E-state index is -0.497. The zero-order valence-electron chi connectivity index (χ0n) is 9.88. The van der Waals surface area contributed by atoms with E-state index >= 15 is 0 Å². The first-order chi connectivity index (χ1) is 8.60. The average molecular weight is 288 g/mol. The Hall–Kier alpha value is -0.770. The molecule has 2 rings (SSSR count). The molecule has 0 heterocycles. The molecule has 1 aromatic carbocycles. The summed E-state index contributed by atoms with van der Waals surface area (Å²) in [6.45, 7) is 0.227. The maximum absolute atomic E-state index is 12.2. The lowest BCUT2D eigenvalue weighted by atomic mass is 9.64. The molecule has 0 atom stereocenters. The fourth-order valence-electron chi connectivity index (χ4n) is 2.31. The number of hydrogen-bond acceptors (Lipinski definition) is 2. The van der Waals surface area contributed by atoms with Crippen LogP contribution in [0.4, 0.5) is 0 Å². The molecule has 0 unspecified atom stereocenters. The number of halogens is 2. The highest BCUT2D eigenvalue weighted by molar-refractivity contribution is 6.42. The van der Waals surface area contributed by atoms with Gasteiger partial charge in [0.1, 0.15) is 0 Å². The Morgan fingerprint density at radius 1 is 1.33 bits per heavy atom. The van der Waals surface area contributed by atoms with E-state index in [9.17, 15) is 4.79 Å². The first-order valence-electron chi connectivity index (χ1n) is 5.95. The van der Waals surface area contributed by atoms with Crippen LogP contribution >= 0.6 is 23.2 Å². The van der Waals surface area contributed by atoms with Gasteiger partial charge in [0.2, 0.25) is 5.91 Å². The molecule has 1 fully saturated rings. The normalized spacial score (nSPS) is 17.1. The second-order valence-corrected chi connectivity index (χ2v) is 5.36. The highest BCUT2D eigenvalue weighted by Gasteiger charge is 2.45. The summed E-state index contributed by atoms with van der Waals surface area (Å²) >= 11 is 11.9. The minimum Gasteiger partial charge on any atom is -0.395 e. The zero-order chi connectivity index (χ0) is 13.2. The van der Waals surface area contributed by atoms with Crippen molar-refractivity contribution in [2.24, 2.45) is 0 Å². The number of carbonyl (C=O) groups is 1. The van der Waals surface area contributed by atoms with Crippen molar-refractivity contribution in [2.75, 3.05) is 13.2 Å². The monoisotopic (exact) mass is 287 g/mol. The zero-order valence-corrected chi connectivity index (χ0v) is 11.4. The largest absolute Gasteiger partial charge is 0.395 e. The summed E-state index contributed by atoms with van der Waals surface area (Å²) in [6.07, 6.45) is 2.64. The molecule has 0 bridgehead atoms. The highest BCUT2D eigenvalue weighted by Crippen LogP contribution is 2.45. The molecule has 0 radical (unpaired) electrons. The van der Waals surface area contributed by atoms with E-state index in [1.54, 1.807) is 12.1 Å². The Morgan fingerprint density at radius 2 is 2.06 bits per heavy atom. The van der Waals surface area contributed by atoms with Crippen molar-refractivity contribution < 1.29 is 9.90 Å². The number of benzene rings is 1. The number of amides is 1. The van der Waals surface area contributed by atoms with E-state index < -0.39 is 5.41 Å². The number of nitrogens with one attached hydrogen (secondary N) is 1. The van der Waals surface area contributed by atoms with Crippen LogP contribution in [-0.4, -0.2) is 24.2 Å². The Bertz CT molecular complexity index is 458. The summed E-state index contributed by atoms with van der Waals surface area (Å²) in [6, 6.07) is 5.34. The molecule has 0 spiro atoms. The van der Waals surface area contributed by atoms with Crippen LogP contribution in [0.15, 0.2) is 18.2 Å². The van der Waals surface area contributed by atoms with Crippen LogP contribution in [0.3, 0.4) is 0 Å². The van der Waals surface area contributed by atoms with Crippen LogP contribution in [0.25, 0.3) is 0 Å². The van der Waals surface area contributed by atoms with Crippen LogP contribution in [0.5, 0.6) is 0 Å².